The first-order chi connectivity index (χ1) is 11.5. The van der Waals surface area contributed by atoms with E-state index in [1.54, 1.807) is 6.07 Å². The molecule has 0 saturated carbocycles. The number of methoxy groups -OCH3 is 1. The average molecular weight is 337 g/mol. The third-order valence-electron chi connectivity index (χ3n) is 2.83. The predicted octanol–water partition coefficient (Wildman–Crippen LogP) is 2.65. The molecule has 1 heterocycles. The molecule has 2 rings (SSSR count). The minimum atomic E-state index is -2.91. The number of rotatable bonds is 7. The zero-order valence-corrected chi connectivity index (χ0v) is 13.4. The van der Waals surface area contributed by atoms with Gasteiger partial charge in [-0.15, -0.1) is 0 Å². The molecule has 0 aliphatic carbocycles. The Bertz CT molecular complexity index is 705. The van der Waals surface area contributed by atoms with Gasteiger partial charge >= 0.3 is 6.61 Å². The zero-order chi connectivity index (χ0) is 17.5. The highest BCUT2D eigenvalue weighted by atomic mass is 19.3. The Kier molecular flexibility index (Phi) is 5.83. The number of hydrazine groups is 1. The van der Waals surface area contributed by atoms with E-state index in [2.05, 4.69) is 30.8 Å². The number of alkyl halides is 2. The average Bonchev–Trinajstić information content (AvgIpc) is 2.51. The summed E-state index contributed by atoms with van der Waals surface area (Å²) in [5.41, 5.74) is 7.62. The van der Waals surface area contributed by atoms with Crippen molar-refractivity contribution in [3.8, 4) is 11.5 Å². The quantitative estimate of drug-likeness (QED) is 0.597. The molecule has 0 spiro atoms. The summed E-state index contributed by atoms with van der Waals surface area (Å²) in [6.45, 7) is 0.804. The second kappa shape index (κ2) is 8.04. The topological polar surface area (TPSA) is 80.7 Å². The summed E-state index contributed by atoms with van der Waals surface area (Å²) in [5.74, 6) is 0.534. The first-order valence-electron chi connectivity index (χ1n) is 6.97. The molecule has 0 bridgehead atoms. The van der Waals surface area contributed by atoms with Gasteiger partial charge < -0.3 is 9.47 Å². The number of aromatic nitrogens is 2. The molecular weight excluding hydrogens is 320 g/mol. The van der Waals surface area contributed by atoms with Gasteiger partial charge in [0.2, 0.25) is 5.95 Å². The molecule has 2 aromatic rings. The van der Waals surface area contributed by atoms with E-state index in [1.807, 2.05) is 19.9 Å². The molecule has 0 saturated heterocycles. The minimum absolute atomic E-state index is 0.0422. The van der Waals surface area contributed by atoms with Crippen molar-refractivity contribution >= 4 is 12.2 Å². The molecule has 128 valence electrons. The summed E-state index contributed by atoms with van der Waals surface area (Å²) in [6, 6.07) is 6.32. The minimum Gasteiger partial charge on any atom is -0.493 e. The smallest absolute Gasteiger partial charge is 0.387 e. The van der Waals surface area contributed by atoms with Crippen LogP contribution < -0.4 is 20.4 Å². The Morgan fingerprint density at radius 1 is 1.12 bits per heavy atom. The first kappa shape index (κ1) is 17.4. The molecule has 1 aromatic heterocycles. The largest absolute Gasteiger partial charge is 0.493 e. The Balaban J connectivity index is 1.98. The Hall–Kier alpha value is -2.97. The van der Waals surface area contributed by atoms with Crippen molar-refractivity contribution in [3.05, 3.63) is 41.2 Å². The van der Waals surface area contributed by atoms with Crippen molar-refractivity contribution in [2.75, 3.05) is 12.5 Å². The maximum absolute atomic E-state index is 12.3. The number of benzene rings is 1. The molecule has 24 heavy (non-hydrogen) atoms. The SMILES string of the molecule is COc1cc(/C=N\NNc2nc(C)cc(C)n2)ccc1OC(F)F. The number of ether oxygens (including phenoxy) is 2. The van der Waals surface area contributed by atoms with Crippen molar-refractivity contribution in [3.63, 3.8) is 0 Å². The summed E-state index contributed by atoms with van der Waals surface area (Å²) in [5, 5.41) is 3.95. The predicted molar refractivity (Wildman–Crippen MR) is 85.5 cm³/mol. The van der Waals surface area contributed by atoms with Crippen LogP contribution in [0.25, 0.3) is 0 Å². The molecule has 7 nitrogen and oxygen atoms in total. The van der Waals surface area contributed by atoms with Crippen molar-refractivity contribution in [1.29, 1.82) is 0 Å². The van der Waals surface area contributed by atoms with Crippen molar-refractivity contribution < 1.29 is 18.3 Å². The molecule has 9 heteroatoms. The van der Waals surface area contributed by atoms with E-state index in [1.165, 1.54) is 25.5 Å². The Labute approximate surface area is 137 Å². The lowest BCUT2D eigenvalue weighted by Crippen LogP contribution is -2.17. The molecule has 0 amide bonds. The van der Waals surface area contributed by atoms with E-state index < -0.39 is 6.61 Å². The number of anilines is 1. The second-order valence-corrected chi connectivity index (χ2v) is 4.76. The molecule has 0 unspecified atom stereocenters. The van der Waals surface area contributed by atoms with Crippen LogP contribution >= 0.6 is 0 Å². The van der Waals surface area contributed by atoms with Crippen LogP contribution in [-0.4, -0.2) is 29.9 Å². The first-order valence-corrected chi connectivity index (χ1v) is 6.97. The lowest BCUT2D eigenvalue weighted by molar-refractivity contribution is -0.0512. The second-order valence-electron chi connectivity index (χ2n) is 4.76. The van der Waals surface area contributed by atoms with E-state index >= 15 is 0 Å². The number of hydrogen-bond acceptors (Lipinski definition) is 7. The van der Waals surface area contributed by atoms with Gasteiger partial charge in [0.05, 0.1) is 13.3 Å². The molecule has 0 radical (unpaired) electrons. The van der Waals surface area contributed by atoms with Crippen LogP contribution in [0.15, 0.2) is 29.4 Å². The molecule has 2 N–H and O–H groups in total. The zero-order valence-electron chi connectivity index (χ0n) is 13.4. The number of halogens is 2. The van der Waals surface area contributed by atoms with Gasteiger partial charge in [-0.1, -0.05) is 0 Å². The van der Waals surface area contributed by atoms with E-state index in [0.29, 0.717) is 11.5 Å². The van der Waals surface area contributed by atoms with Gasteiger partial charge in [-0.05, 0) is 43.7 Å². The number of nitrogens with zero attached hydrogens (tertiary/aromatic N) is 3. The van der Waals surface area contributed by atoms with Gasteiger partial charge in [0, 0.05) is 11.4 Å². The van der Waals surface area contributed by atoms with E-state index in [4.69, 9.17) is 4.74 Å². The molecule has 0 aliphatic rings. The van der Waals surface area contributed by atoms with E-state index in [-0.39, 0.29) is 11.5 Å². The maximum Gasteiger partial charge on any atom is 0.387 e. The molecule has 0 aliphatic heterocycles. The maximum atomic E-state index is 12.3. The van der Waals surface area contributed by atoms with Gasteiger partial charge in [0.1, 0.15) is 0 Å². The van der Waals surface area contributed by atoms with Gasteiger partial charge in [-0.25, -0.2) is 15.5 Å². The number of hydrazone groups is 1. The summed E-state index contributed by atoms with van der Waals surface area (Å²) in [6.07, 6.45) is 1.48. The van der Waals surface area contributed by atoms with Gasteiger partial charge in [0.25, 0.3) is 0 Å². The number of nitrogens with one attached hydrogen (secondary N) is 2. The number of aryl methyl sites for hydroxylation is 2. The highest BCUT2D eigenvalue weighted by Crippen LogP contribution is 2.28. The van der Waals surface area contributed by atoms with Crippen LogP contribution in [0.1, 0.15) is 17.0 Å². The molecule has 1 aromatic carbocycles. The van der Waals surface area contributed by atoms with Crippen LogP contribution in [0.5, 0.6) is 11.5 Å². The van der Waals surface area contributed by atoms with Crippen molar-refractivity contribution in [1.82, 2.24) is 15.5 Å². The van der Waals surface area contributed by atoms with Gasteiger partial charge in [0.15, 0.2) is 11.5 Å². The van der Waals surface area contributed by atoms with Crippen LogP contribution in [0.2, 0.25) is 0 Å². The van der Waals surface area contributed by atoms with Gasteiger partial charge in [-0.2, -0.15) is 13.9 Å². The Morgan fingerprint density at radius 2 is 1.83 bits per heavy atom. The standard InChI is InChI=1S/C15H17F2N5O2/c1-9-6-10(2)20-15(19-9)21-22-18-8-11-4-5-12(24-14(16)17)13(7-11)23-3/h4-8,14,22H,1-3H3,(H,19,20,21)/b18-8-. The number of hydrogen-bond donors (Lipinski definition) is 2. The van der Waals surface area contributed by atoms with Crippen molar-refractivity contribution in [2.45, 2.75) is 20.5 Å². The van der Waals surface area contributed by atoms with Gasteiger partial charge in [-0.3, -0.25) is 5.43 Å². The van der Waals surface area contributed by atoms with Crippen LogP contribution in [0.4, 0.5) is 14.7 Å². The Morgan fingerprint density at radius 3 is 2.46 bits per heavy atom. The normalized spacial score (nSPS) is 10.9. The lowest BCUT2D eigenvalue weighted by Gasteiger charge is -2.10. The van der Waals surface area contributed by atoms with Crippen molar-refractivity contribution in [2.24, 2.45) is 5.10 Å². The molecule has 0 atom stereocenters. The summed E-state index contributed by atoms with van der Waals surface area (Å²) >= 11 is 0. The van der Waals surface area contributed by atoms with Crippen LogP contribution in [0, 0.1) is 13.8 Å². The van der Waals surface area contributed by atoms with Crippen LogP contribution in [-0.2, 0) is 0 Å². The summed E-state index contributed by atoms with van der Waals surface area (Å²) in [7, 11) is 1.37. The highest BCUT2D eigenvalue weighted by molar-refractivity contribution is 5.80. The fourth-order valence-corrected chi connectivity index (χ4v) is 1.93. The van der Waals surface area contributed by atoms with Crippen LogP contribution in [0.3, 0.4) is 0 Å². The third kappa shape index (κ3) is 5.04. The van der Waals surface area contributed by atoms with E-state index in [0.717, 1.165) is 11.4 Å². The fourth-order valence-electron chi connectivity index (χ4n) is 1.93. The molecule has 0 fully saturated rings. The lowest BCUT2D eigenvalue weighted by atomic mass is 10.2. The molecular formula is C15H17F2N5O2. The highest BCUT2D eigenvalue weighted by Gasteiger charge is 2.10. The monoisotopic (exact) mass is 337 g/mol. The third-order valence-corrected chi connectivity index (χ3v) is 2.83. The van der Waals surface area contributed by atoms with E-state index in [9.17, 15) is 8.78 Å². The summed E-state index contributed by atoms with van der Waals surface area (Å²) < 4.78 is 33.9. The fraction of sp³-hybridized carbons (Fsp3) is 0.267. The summed E-state index contributed by atoms with van der Waals surface area (Å²) in [4.78, 5) is 8.36.